The second kappa shape index (κ2) is 2.90. The summed E-state index contributed by atoms with van der Waals surface area (Å²) in [6.07, 6.45) is 5.10. The molecule has 4 heteroatoms. The molecule has 1 fully saturated rings. The molecule has 1 aliphatic carbocycles. The average Bonchev–Trinajstić information content (AvgIpc) is 2.84. The maximum absolute atomic E-state index is 6.05. The Balaban J connectivity index is 1.98. The molecule has 1 aliphatic heterocycles. The van der Waals surface area contributed by atoms with Crippen LogP contribution in [0.15, 0.2) is 0 Å². The number of nitrogens with zero attached hydrogens (tertiary/aromatic N) is 2. The van der Waals surface area contributed by atoms with E-state index in [0.29, 0.717) is 5.92 Å². The fourth-order valence-electron chi connectivity index (χ4n) is 2.52. The van der Waals surface area contributed by atoms with Crippen LogP contribution in [0.4, 0.5) is 5.82 Å². The summed E-state index contributed by atoms with van der Waals surface area (Å²) in [6.45, 7) is 1.58. The van der Waals surface area contributed by atoms with Crippen molar-refractivity contribution in [3.05, 3.63) is 5.69 Å². The molecule has 0 saturated heterocycles. The molecule has 76 valence electrons. The predicted molar refractivity (Wildman–Crippen MR) is 53.3 cm³/mol. The molecule has 0 unspecified atom stereocenters. The Kier molecular flexibility index (Phi) is 1.69. The van der Waals surface area contributed by atoms with Crippen LogP contribution in [0.5, 0.6) is 6.01 Å². The molecule has 14 heavy (non-hydrogen) atoms. The first-order valence-electron chi connectivity index (χ1n) is 5.35. The average molecular weight is 193 g/mol. The third kappa shape index (κ3) is 1.03. The van der Waals surface area contributed by atoms with Crippen molar-refractivity contribution in [2.24, 2.45) is 0 Å². The Morgan fingerprint density at radius 1 is 1.36 bits per heavy atom. The van der Waals surface area contributed by atoms with Gasteiger partial charge in [0.1, 0.15) is 12.4 Å². The fraction of sp³-hybridized carbons (Fsp3) is 0.700. The molecule has 0 atom stereocenters. The summed E-state index contributed by atoms with van der Waals surface area (Å²) in [7, 11) is 0. The van der Waals surface area contributed by atoms with E-state index in [0.717, 1.165) is 30.7 Å². The first-order valence-corrected chi connectivity index (χ1v) is 5.35. The van der Waals surface area contributed by atoms with Crippen molar-refractivity contribution in [2.45, 2.75) is 38.1 Å². The number of hydrogen-bond donors (Lipinski definition) is 1. The van der Waals surface area contributed by atoms with Gasteiger partial charge in [0, 0.05) is 5.92 Å². The number of nitrogens with two attached hydrogens (primary N) is 1. The van der Waals surface area contributed by atoms with Crippen molar-refractivity contribution in [1.82, 2.24) is 9.55 Å². The molecule has 0 spiro atoms. The quantitative estimate of drug-likeness (QED) is 0.735. The van der Waals surface area contributed by atoms with Crippen LogP contribution in [-0.2, 0) is 6.54 Å². The molecule has 1 saturated carbocycles. The summed E-state index contributed by atoms with van der Waals surface area (Å²) in [5, 5.41) is 0. The van der Waals surface area contributed by atoms with Gasteiger partial charge in [0.05, 0.1) is 12.2 Å². The fourth-order valence-corrected chi connectivity index (χ4v) is 2.52. The molecule has 3 rings (SSSR count). The smallest absolute Gasteiger partial charge is 0.298 e. The number of anilines is 1. The van der Waals surface area contributed by atoms with E-state index < -0.39 is 0 Å². The highest BCUT2D eigenvalue weighted by molar-refractivity contribution is 5.43. The molecular formula is C10H15N3O. The van der Waals surface area contributed by atoms with Crippen LogP contribution in [-0.4, -0.2) is 16.2 Å². The number of hydrogen-bond acceptors (Lipinski definition) is 3. The first kappa shape index (κ1) is 8.15. The standard InChI is InChI=1S/C10H15N3O/c11-9-8(7-3-1-2-4-7)12-10-13(9)5-6-14-10/h7H,1-6,11H2. The van der Waals surface area contributed by atoms with Crippen LogP contribution in [0.1, 0.15) is 37.3 Å². The Morgan fingerprint density at radius 3 is 2.86 bits per heavy atom. The zero-order chi connectivity index (χ0) is 9.54. The normalized spacial score (nSPS) is 21.1. The minimum Gasteiger partial charge on any atom is -0.463 e. The van der Waals surface area contributed by atoms with Crippen LogP contribution in [0.3, 0.4) is 0 Å². The van der Waals surface area contributed by atoms with Gasteiger partial charge in [-0.1, -0.05) is 12.8 Å². The minimum atomic E-state index is 0.580. The van der Waals surface area contributed by atoms with Crippen molar-refractivity contribution in [1.29, 1.82) is 0 Å². The van der Waals surface area contributed by atoms with Gasteiger partial charge in [-0.2, -0.15) is 4.98 Å². The van der Waals surface area contributed by atoms with E-state index in [1.54, 1.807) is 0 Å². The molecule has 2 aliphatic rings. The van der Waals surface area contributed by atoms with Crippen molar-refractivity contribution in [3.8, 4) is 6.01 Å². The lowest BCUT2D eigenvalue weighted by Gasteiger charge is -2.06. The van der Waals surface area contributed by atoms with Crippen molar-refractivity contribution < 1.29 is 4.74 Å². The van der Waals surface area contributed by atoms with Gasteiger partial charge in [0.25, 0.3) is 6.01 Å². The number of fused-ring (bicyclic) bond motifs is 1. The first-order chi connectivity index (χ1) is 6.86. The largest absolute Gasteiger partial charge is 0.463 e. The number of ether oxygens (including phenoxy) is 1. The summed E-state index contributed by atoms with van der Waals surface area (Å²) in [5.41, 5.74) is 7.14. The summed E-state index contributed by atoms with van der Waals surface area (Å²) in [6, 6.07) is 0.726. The SMILES string of the molecule is Nc1c(C2CCCC2)nc2n1CCO2. The monoisotopic (exact) mass is 193 g/mol. The van der Waals surface area contributed by atoms with Crippen LogP contribution >= 0.6 is 0 Å². The Labute approximate surface area is 83.1 Å². The molecule has 0 bridgehead atoms. The highest BCUT2D eigenvalue weighted by atomic mass is 16.5. The highest BCUT2D eigenvalue weighted by Gasteiger charge is 2.27. The maximum Gasteiger partial charge on any atom is 0.298 e. The lowest BCUT2D eigenvalue weighted by Crippen LogP contribution is -2.04. The van der Waals surface area contributed by atoms with E-state index >= 15 is 0 Å². The van der Waals surface area contributed by atoms with Crippen LogP contribution in [0, 0.1) is 0 Å². The molecule has 0 aromatic carbocycles. The predicted octanol–water partition coefficient (Wildman–Crippen LogP) is 1.52. The van der Waals surface area contributed by atoms with Gasteiger partial charge in [-0.25, -0.2) is 0 Å². The third-order valence-corrected chi connectivity index (χ3v) is 3.29. The minimum absolute atomic E-state index is 0.580. The third-order valence-electron chi connectivity index (χ3n) is 3.29. The van der Waals surface area contributed by atoms with Gasteiger partial charge >= 0.3 is 0 Å². The second-order valence-corrected chi connectivity index (χ2v) is 4.15. The Bertz CT molecular complexity index is 352. The molecule has 2 N–H and O–H groups in total. The number of nitrogen functional groups attached to an aromatic ring is 1. The van der Waals surface area contributed by atoms with Gasteiger partial charge in [-0.3, -0.25) is 4.57 Å². The summed E-state index contributed by atoms with van der Waals surface area (Å²) < 4.78 is 7.39. The number of aromatic nitrogens is 2. The van der Waals surface area contributed by atoms with E-state index in [4.69, 9.17) is 10.5 Å². The molecule has 0 radical (unpaired) electrons. The zero-order valence-corrected chi connectivity index (χ0v) is 8.20. The van der Waals surface area contributed by atoms with Crippen molar-refractivity contribution in [2.75, 3.05) is 12.3 Å². The maximum atomic E-state index is 6.05. The topological polar surface area (TPSA) is 53.1 Å². The second-order valence-electron chi connectivity index (χ2n) is 4.15. The van der Waals surface area contributed by atoms with E-state index in [1.165, 1.54) is 25.7 Å². The van der Waals surface area contributed by atoms with Crippen LogP contribution < -0.4 is 10.5 Å². The van der Waals surface area contributed by atoms with E-state index in [-0.39, 0.29) is 0 Å². The van der Waals surface area contributed by atoms with E-state index in [2.05, 4.69) is 4.98 Å². The van der Waals surface area contributed by atoms with Gasteiger partial charge in [-0.15, -0.1) is 0 Å². The molecule has 1 aromatic heterocycles. The van der Waals surface area contributed by atoms with Crippen molar-refractivity contribution in [3.63, 3.8) is 0 Å². The molecular weight excluding hydrogens is 178 g/mol. The highest BCUT2D eigenvalue weighted by Crippen LogP contribution is 2.38. The van der Waals surface area contributed by atoms with Gasteiger partial charge in [0.2, 0.25) is 0 Å². The summed E-state index contributed by atoms with van der Waals surface area (Å²) in [4.78, 5) is 4.49. The molecule has 4 nitrogen and oxygen atoms in total. The molecule has 0 amide bonds. The summed E-state index contributed by atoms with van der Waals surface area (Å²) in [5.74, 6) is 1.42. The number of imidazole rings is 1. The van der Waals surface area contributed by atoms with E-state index in [9.17, 15) is 0 Å². The van der Waals surface area contributed by atoms with Crippen LogP contribution in [0.25, 0.3) is 0 Å². The zero-order valence-electron chi connectivity index (χ0n) is 8.20. The summed E-state index contributed by atoms with van der Waals surface area (Å²) >= 11 is 0. The lowest BCUT2D eigenvalue weighted by molar-refractivity contribution is 0.343. The van der Waals surface area contributed by atoms with E-state index in [1.807, 2.05) is 4.57 Å². The Hall–Kier alpha value is -1.19. The van der Waals surface area contributed by atoms with Gasteiger partial charge in [0.15, 0.2) is 0 Å². The van der Waals surface area contributed by atoms with Gasteiger partial charge in [-0.05, 0) is 12.8 Å². The lowest BCUT2D eigenvalue weighted by atomic mass is 10.0. The molecule has 1 aromatic rings. The van der Waals surface area contributed by atoms with Crippen LogP contribution in [0.2, 0.25) is 0 Å². The molecule has 2 heterocycles. The van der Waals surface area contributed by atoms with Crippen molar-refractivity contribution >= 4 is 5.82 Å². The Morgan fingerprint density at radius 2 is 2.14 bits per heavy atom. The number of rotatable bonds is 1. The van der Waals surface area contributed by atoms with Gasteiger partial charge < -0.3 is 10.5 Å².